The van der Waals surface area contributed by atoms with Gasteiger partial charge in [-0.15, -0.1) is 0 Å². The van der Waals surface area contributed by atoms with Crippen LogP contribution >= 0.6 is 0 Å². The summed E-state index contributed by atoms with van der Waals surface area (Å²) in [5.74, 6) is 0.306. The summed E-state index contributed by atoms with van der Waals surface area (Å²) in [6.07, 6.45) is 10.9. The lowest BCUT2D eigenvalue weighted by Crippen LogP contribution is -2.38. The maximum Gasteiger partial charge on any atom is 0.0719 e. The van der Waals surface area contributed by atoms with E-state index in [1.54, 1.807) is 0 Å². The molecule has 0 aliphatic heterocycles. The largest absolute Gasteiger partial charge is 0.389 e. The molecule has 0 aromatic heterocycles. The van der Waals surface area contributed by atoms with Crippen molar-refractivity contribution in [1.29, 1.82) is 0 Å². The molecule has 1 nitrogen and oxygen atoms in total. The highest BCUT2D eigenvalue weighted by molar-refractivity contribution is 5.25. The standard InChI is InChI=1S/C11H16O/c1-11(12)8-4-6-9-5-2-3-7-10(9)11/h3,5,7,10,12H,2,4,6,8H2,1H3/t10-,11-/m1/s1. The summed E-state index contributed by atoms with van der Waals surface area (Å²) in [6, 6.07) is 0. The first-order valence-corrected chi connectivity index (χ1v) is 4.78. The number of aliphatic hydroxyl groups is 1. The molecule has 2 aliphatic carbocycles. The van der Waals surface area contributed by atoms with Crippen molar-refractivity contribution in [3.63, 3.8) is 0 Å². The summed E-state index contributed by atoms with van der Waals surface area (Å²) in [7, 11) is 0. The van der Waals surface area contributed by atoms with Crippen LogP contribution in [0.5, 0.6) is 0 Å². The van der Waals surface area contributed by atoms with Crippen LogP contribution < -0.4 is 0 Å². The van der Waals surface area contributed by atoms with Crippen LogP contribution in [-0.4, -0.2) is 10.7 Å². The topological polar surface area (TPSA) is 20.2 Å². The third kappa shape index (κ3) is 1.22. The molecule has 0 aromatic rings. The van der Waals surface area contributed by atoms with Crippen molar-refractivity contribution in [2.45, 2.75) is 38.2 Å². The SMILES string of the molecule is C[C@@]1(O)CCCC2=CCC=C[C@H]21. The van der Waals surface area contributed by atoms with E-state index in [0.29, 0.717) is 5.92 Å². The van der Waals surface area contributed by atoms with E-state index < -0.39 is 5.60 Å². The van der Waals surface area contributed by atoms with Crippen LogP contribution in [0.3, 0.4) is 0 Å². The van der Waals surface area contributed by atoms with Crippen molar-refractivity contribution in [2.75, 3.05) is 0 Å². The van der Waals surface area contributed by atoms with Crippen molar-refractivity contribution in [3.05, 3.63) is 23.8 Å². The Morgan fingerprint density at radius 1 is 1.58 bits per heavy atom. The quantitative estimate of drug-likeness (QED) is 0.545. The Morgan fingerprint density at radius 2 is 2.42 bits per heavy atom. The zero-order chi connectivity index (χ0) is 8.60. The number of rotatable bonds is 0. The predicted molar refractivity (Wildman–Crippen MR) is 49.8 cm³/mol. The zero-order valence-corrected chi connectivity index (χ0v) is 7.59. The summed E-state index contributed by atoms with van der Waals surface area (Å²) < 4.78 is 0. The van der Waals surface area contributed by atoms with Crippen LogP contribution in [0.1, 0.15) is 32.6 Å². The van der Waals surface area contributed by atoms with Crippen LogP contribution in [0.4, 0.5) is 0 Å². The van der Waals surface area contributed by atoms with Gasteiger partial charge >= 0.3 is 0 Å². The first-order valence-electron chi connectivity index (χ1n) is 4.78. The van der Waals surface area contributed by atoms with Crippen molar-refractivity contribution >= 4 is 0 Å². The van der Waals surface area contributed by atoms with Gasteiger partial charge in [0.2, 0.25) is 0 Å². The van der Waals surface area contributed by atoms with Gasteiger partial charge in [0.05, 0.1) is 5.60 Å². The van der Waals surface area contributed by atoms with Crippen molar-refractivity contribution in [1.82, 2.24) is 0 Å². The molecule has 0 aromatic carbocycles. The van der Waals surface area contributed by atoms with Gasteiger partial charge in [-0.1, -0.05) is 23.8 Å². The van der Waals surface area contributed by atoms with Gasteiger partial charge in [0.1, 0.15) is 0 Å². The normalized spacial score (nSPS) is 40.5. The maximum absolute atomic E-state index is 10.1. The molecule has 0 saturated heterocycles. The van der Waals surface area contributed by atoms with E-state index in [1.807, 2.05) is 6.92 Å². The Hall–Kier alpha value is -0.560. The Morgan fingerprint density at radius 3 is 3.17 bits per heavy atom. The maximum atomic E-state index is 10.1. The van der Waals surface area contributed by atoms with Gasteiger partial charge in [0.25, 0.3) is 0 Å². The second kappa shape index (κ2) is 2.74. The molecule has 0 heterocycles. The Kier molecular flexibility index (Phi) is 1.84. The van der Waals surface area contributed by atoms with Crippen LogP contribution in [0.15, 0.2) is 23.8 Å². The molecule has 0 radical (unpaired) electrons. The molecule has 0 amide bonds. The number of fused-ring (bicyclic) bond motifs is 1. The fourth-order valence-corrected chi connectivity index (χ4v) is 2.35. The molecule has 0 unspecified atom stereocenters. The minimum Gasteiger partial charge on any atom is -0.389 e. The van der Waals surface area contributed by atoms with Crippen LogP contribution in [0, 0.1) is 5.92 Å². The minimum atomic E-state index is -0.485. The van der Waals surface area contributed by atoms with Gasteiger partial charge in [0.15, 0.2) is 0 Å². The second-order valence-electron chi connectivity index (χ2n) is 4.13. The van der Waals surface area contributed by atoms with Gasteiger partial charge in [-0.05, 0) is 32.6 Å². The lowest BCUT2D eigenvalue weighted by Gasteiger charge is -2.38. The number of hydrogen-bond acceptors (Lipinski definition) is 1. The third-order valence-corrected chi connectivity index (χ3v) is 3.06. The summed E-state index contributed by atoms with van der Waals surface area (Å²) in [5, 5.41) is 10.1. The lowest BCUT2D eigenvalue weighted by atomic mass is 9.71. The van der Waals surface area contributed by atoms with Crippen LogP contribution in [0.25, 0.3) is 0 Å². The third-order valence-electron chi connectivity index (χ3n) is 3.06. The van der Waals surface area contributed by atoms with Crippen LogP contribution in [-0.2, 0) is 0 Å². The number of allylic oxidation sites excluding steroid dienone is 2. The Bertz CT molecular complexity index is 235. The highest BCUT2D eigenvalue weighted by atomic mass is 16.3. The van der Waals surface area contributed by atoms with Crippen molar-refractivity contribution in [3.8, 4) is 0 Å². The van der Waals surface area contributed by atoms with E-state index in [0.717, 1.165) is 19.3 Å². The van der Waals surface area contributed by atoms with E-state index in [2.05, 4.69) is 18.2 Å². The van der Waals surface area contributed by atoms with Crippen molar-refractivity contribution < 1.29 is 5.11 Å². The first-order chi connectivity index (χ1) is 5.70. The average Bonchev–Trinajstić information content (AvgIpc) is 2.04. The first kappa shape index (κ1) is 8.06. The van der Waals surface area contributed by atoms with Gasteiger partial charge < -0.3 is 5.11 Å². The molecule has 2 atom stereocenters. The van der Waals surface area contributed by atoms with E-state index >= 15 is 0 Å². The molecule has 2 rings (SSSR count). The highest BCUT2D eigenvalue weighted by Gasteiger charge is 2.36. The van der Waals surface area contributed by atoms with E-state index in [4.69, 9.17) is 0 Å². The summed E-state index contributed by atoms with van der Waals surface area (Å²) in [6.45, 7) is 1.96. The molecule has 66 valence electrons. The molecule has 2 aliphatic rings. The molecule has 0 bridgehead atoms. The second-order valence-corrected chi connectivity index (χ2v) is 4.13. The zero-order valence-electron chi connectivity index (χ0n) is 7.59. The highest BCUT2D eigenvalue weighted by Crippen LogP contribution is 2.39. The van der Waals surface area contributed by atoms with Gasteiger partial charge in [-0.25, -0.2) is 0 Å². The molecule has 0 spiro atoms. The predicted octanol–water partition coefficient (Wildman–Crippen LogP) is 2.42. The van der Waals surface area contributed by atoms with Crippen molar-refractivity contribution in [2.24, 2.45) is 5.92 Å². The summed E-state index contributed by atoms with van der Waals surface area (Å²) in [5.41, 5.74) is 0.967. The van der Waals surface area contributed by atoms with Gasteiger partial charge in [0, 0.05) is 5.92 Å². The van der Waals surface area contributed by atoms with Gasteiger partial charge in [-0.3, -0.25) is 0 Å². The van der Waals surface area contributed by atoms with E-state index in [9.17, 15) is 5.11 Å². The summed E-state index contributed by atoms with van der Waals surface area (Å²) in [4.78, 5) is 0. The number of hydrogen-bond donors (Lipinski definition) is 1. The molecule has 1 saturated carbocycles. The average molecular weight is 164 g/mol. The molecule has 12 heavy (non-hydrogen) atoms. The fraction of sp³-hybridized carbons (Fsp3) is 0.636. The summed E-state index contributed by atoms with van der Waals surface area (Å²) >= 11 is 0. The molecular formula is C11H16O. The Balaban J connectivity index is 2.27. The molecular weight excluding hydrogens is 148 g/mol. The van der Waals surface area contributed by atoms with Crippen LogP contribution in [0.2, 0.25) is 0 Å². The smallest absolute Gasteiger partial charge is 0.0719 e. The van der Waals surface area contributed by atoms with E-state index in [-0.39, 0.29) is 0 Å². The molecule has 1 fully saturated rings. The lowest BCUT2D eigenvalue weighted by molar-refractivity contribution is 0.00763. The Labute approximate surface area is 73.8 Å². The van der Waals surface area contributed by atoms with Gasteiger partial charge in [-0.2, -0.15) is 0 Å². The minimum absolute atomic E-state index is 0.306. The molecule has 1 N–H and O–H groups in total. The monoisotopic (exact) mass is 164 g/mol. The molecule has 1 heteroatoms. The fourth-order valence-electron chi connectivity index (χ4n) is 2.35. The van der Waals surface area contributed by atoms with E-state index in [1.165, 1.54) is 12.0 Å².